The highest BCUT2D eigenvalue weighted by Gasteiger charge is 2.43. The molecule has 1 N–H and O–H groups in total. The number of rotatable bonds is 3. The van der Waals surface area contributed by atoms with Gasteiger partial charge in [0.25, 0.3) is 6.29 Å². The Morgan fingerprint density at radius 2 is 1.22 bits per heavy atom. The monoisotopic (exact) mass is 515 g/mol. The van der Waals surface area contributed by atoms with E-state index in [9.17, 15) is 34.5 Å². The summed E-state index contributed by atoms with van der Waals surface area (Å²) in [6.45, 7) is 4.22. The van der Waals surface area contributed by atoms with Gasteiger partial charge in [-0.25, -0.2) is 9.41 Å². The number of hydrogen-bond donors (Lipinski definition) is 0. The zero-order valence-electron chi connectivity index (χ0n) is 19.4. The molecule has 192 valence electrons. The Hall–Kier alpha value is -3.43. The number of H-pyrrole nitrogens is 1. The maximum absolute atomic E-state index is 9.75. The van der Waals surface area contributed by atoms with Crippen molar-refractivity contribution >= 4 is 26.6 Å². The van der Waals surface area contributed by atoms with Gasteiger partial charge in [-0.05, 0) is 31.5 Å². The normalized spacial score (nSPS) is 17.2. The predicted octanol–water partition coefficient (Wildman–Crippen LogP) is 7.18. The van der Waals surface area contributed by atoms with Gasteiger partial charge in [0.1, 0.15) is 5.41 Å². The van der Waals surface area contributed by atoms with Gasteiger partial charge in [0.2, 0.25) is 0 Å². The molecule has 0 aliphatic carbocycles. The van der Waals surface area contributed by atoms with Crippen LogP contribution in [0.1, 0.15) is 34.4 Å². The lowest BCUT2D eigenvalue weighted by Gasteiger charge is -2.25. The average molecular weight is 515 g/mol. The van der Waals surface area contributed by atoms with E-state index < -0.39 is 14.5 Å². The minimum absolute atomic E-state index is 0.270. The summed E-state index contributed by atoms with van der Waals surface area (Å²) in [6, 6.07) is 23.5. The third-order valence-electron chi connectivity index (χ3n) is 5.09. The molecular weight excluding hydrogens is 492 g/mol. The van der Waals surface area contributed by atoms with Crippen LogP contribution in [0.4, 0.5) is 34.5 Å². The molecule has 1 aromatic heterocycles. The van der Waals surface area contributed by atoms with Crippen LogP contribution in [0.2, 0.25) is 0 Å². The molecule has 4 rings (SSSR count). The number of nitrogens with one attached hydrogen (secondary N) is 1. The first-order valence-corrected chi connectivity index (χ1v) is 10.7. The van der Waals surface area contributed by atoms with Crippen LogP contribution in [0, 0.1) is 13.8 Å². The summed E-state index contributed by atoms with van der Waals surface area (Å²) in [5, 5.41) is 0. The lowest BCUT2D eigenvalue weighted by molar-refractivity contribution is -0.396. The van der Waals surface area contributed by atoms with Gasteiger partial charge in [-0.15, -0.1) is 0 Å². The van der Waals surface area contributed by atoms with E-state index in [0.717, 1.165) is 23.4 Å². The van der Waals surface area contributed by atoms with Gasteiger partial charge in [0, 0.05) is 18.2 Å². The summed E-state index contributed by atoms with van der Waals surface area (Å²) in [6.07, 6.45) is 6.95. The topological polar surface area (TPSA) is 25.4 Å². The molecule has 12 heteroatoms. The smallest absolute Gasteiger partial charge is 0.418 e. The molecule has 3 aromatic rings. The highest BCUT2D eigenvalue weighted by Crippen LogP contribution is 2.39. The molecule has 0 radical (unpaired) electrons. The van der Waals surface area contributed by atoms with Gasteiger partial charge in [-0.3, -0.25) is 0 Å². The fourth-order valence-electron chi connectivity index (χ4n) is 3.52. The molecular formula is C24H23B2F8NO. The number of aldehydes is 1. The fourth-order valence-corrected chi connectivity index (χ4v) is 3.52. The van der Waals surface area contributed by atoms with Gasteiger partial charge >= 0.3 is 20.3 Å². The summed E-state index contributed by atoms with van der Waals surface area (Å²) in [5.74, 6) is 0.897. The number of pyridine rings is 1. The van der Waals surface area contributed by atoms with Crippen molar-refractivity contribution in [2.75, 3.05) is 0 Å². The second-order valence-corrected chi connectivity index (χ2v) is 7.97. The van der Waals surface area contributed by atoms with Crippen LogP contribution >= 0.6 is 0 Å². The molecule has 1 aliphatic rings. The number of allylic oxidation sites excluding steroid dienone is 1. The SMILES string of the molecule is Cc1ccc(C2=CC(c3ccc(C)cc3)(c3cccc[nH+]3)CC=[O+]2)cc1.F[B-](F)(F)F.F[B-](F)(F)F. The largest absolute Gasteiger partial charge is 0.673 e. The van der Waals surface area contributed by atoms with Crippen LogP contribution in [0.25, 0.3) is 5.76 Å². The Kier molecular flexibility index (Phi) is 9.61. The summed E-state index contributed by atoms with van der Waals surface area (Å²) in [7, 11) is -12.0. The molecule has 1 aliphatic heterocycles. The van der Waals surface area contributed by atoms with E-state index in [1.807, 2.05) is 18.5 Å². The lowest BCUT2D eigenvalue weighted by atomic mass is 9.73. The van der Waals surface area contributed by atoms with E-state index in [4.69, 9.17) is 4.42 Å². The Balaban J connectivity index is 0.000000389. The summed E-state index contributed by atoms with van der Waals surface area (Å²) < 4.78 is 83.9. The Bertz CT molecular complexity index is 1140. The third-order valence-corrected chi connectivity index (χ3v) is 5.09. The number of carbonyl (C=O) groups excluding carboxylic acids is 1. The first-order valence-electron chi connectivity index (χ1n) is 10.7. The van der Waals surface area contributed by atoms with Crippen molar-refractivity contribution in [3.8, 4) is 0 Å². The van der Waals surface area contributed by atoms with Crippen molar-refractivity contribution in [2.24, 2.45) is 0 Å². The fraction of sp³-hybridized carbons (Fsp3) is 0.167. The van der Waals surface area contributed by atoms with Gasteiger partial charge < -0.3 is 34.5 Å². The van der Waals surface area contributed by atoms with Crippen LogP contribution in [0.15, 0.2) is 79.0 Å². The number of benzene rings is 2. The zero-order chi connectivity index (χ0) is 27.0. The highest BCUT2D eigenvalue weighted by molar-refractivity contribution is 6.50. The molecule has 2 heterocycles. The molecule has 1 atom stereocenters. The van der Waals surface area contributed by atoms with Gasteiger partial charge in [0.05, 0.1) is 12.0 Å². The maximum atomic E-state index is 9.75. The van der Waals surface area contributed by atoms with E-state index in [1.165, 1.54) is 16.7 Å². The van der Waals surface area contributed by atoms with Gasteiger partial charge in [-0.1, -0.05) is 53.6 Å². The minimum Gasteiger partial charge on any atom is -0.418 e. The molecule has 1 unspecified atom stereocenters. The van der Waals surface area contributed by atoms with Crippen LogP contribution in [0.3, 0.4) is 0 Å². The van der Waals surface area contributed by atoms with E-state index in [0.29, 0.717) is 0 Å². The first kappa shape index (κ1) is 28.8. The van der Waals surface area contributed by atoms with Crippen LogP contribution in [-0.4, -0.2) is 20.8 Å². The molecule has 0 spiro atoms. The van der Waals surface area contributed by atoms with Gasteiger partial charge in [0.15, 0.2) is 11.9 Å². The molecule has 0 saturated carbocycles. The molecule has 36 heavy (non-hydrogen) atoms. The van der Waals surface area contributed by atoms with E-state index >= 15 is 0 Å². The van der Waals surface area contributed by atoms with Crippen LogP contribution < -0.4 is 4.98 Å². The van der Waals surface area contributed by atoms with E-state index in [2.05, 4.69) is 85.6 Å². The van der Waals surface area contributed by atoms with Crippen molar-refractivity contribution in [3.05, 3.63) is 107 Å². The van der Waals surface area contributed by atoms with Crippen molar-refractivity contribution in [1.82, 2.24) is 0 Å². The molecule has 0 bridgehead atoms. The zero-order valence-corrected chi connectivity index (χ0v) is 19.4. The summed E-state index contributed by atoms with van der Waals surface area (Å²) in [4.78, 5) is 3.45. The second kappa shape index (κ2) is 12.0. The molecule has 0 amide bonds. The first-order chi connectivity index (χ1) is 16.7. The molecule has 0 saturated heterocycles. The standard InChI is InChI=1S/C24H22NO.2BF4/c1-18-6-10-20(11-7-18)22-17-24(14-16-26-22,23-5-3-4-15-25-23)21-12-8-19(2)9-13-21;2*2-1(3,4)5/h3-13,15-17H,14H2,1-2H3;;/q+1;2*-1/p+1. The molecule has 2 nitrogen and oxygen atoms in total. The number of hydrogen-bond acceptors (Lipinski definition) is 0. The summed E-state index contributed by atoms with van der Waals surface area (Å²) in [5.41, 5.74) is 5.75. The maximum Gasteiger partial charge on any atom is 0.673 e. The Morgan fingerprint density at radius 3 is 1.69 bits per heavy atom. The third kappa shape index (κ3) is 9.67. The number of aromatic amines is 1. The Morgan fingerprint density at radius 1 is 0.722 bits per heavy atom. The highest BCUT2D eigenvalue weighted by atomic mass is 19.5. The lowest BCUT2D eigenvalue weighted by Crippen LogP contribution is -2.35. The minimum atomic E-state index is -6.00. The van der Waals surface area contributed by atoms with Crippen molar-refractivity contribution in [1.29, 1.82) is 0 Å². The quantitative estimate of drug-likeness (QED) is 0.153. The Labute approximate surface area is 203 Å². The number of aromatic nitrogens is 1. The van der Waals surface area contributed by atoms with Crippen LogP contribution in [0.5, 0.6) is 0 Å². The van der Waals surface area contributed by atoms with Crippen molar-refractivity contribution in [2.45, 2.75) is 25.7 Å². The van der Waals surface area contributed by atoms with E-state index in [1.54, 1.807) is 0 Å². The van der Waals surface area contributed by atoms with Gasteiger partial charge in [-0.2, -0.15) is 0 Å². The molecule has 0 fully saturated rings. The van der Waals surface area contributed by atoms with Crippen molar-refractivity contribution in [3.63, 3.8) is 0 Å². The number of aryl methyl sites for hydroxylation is 2. The second-order valence-electron chi connectivity index (χ2n) is 7.97. The van der Waals surface area contributed by atoms with E-state index in [-0.39, 0.29) is 5.41 Å². The average Bonchev–Trinajstić information content (AvgIpc) is 2.78. The van der Waals surface area contributed by atoms with Crippen LogP contribution in [-0.2, 0) is 9.84 Å². The summed E-state index contributed by atoms with van der Waals surface area (Å²) >= 11 is 0. The van der Waals surface area contributed by atoms with Crippen molar-refractivity contribution < 1.29 is 43.9 Å². The number of halogens is 8. The predicted molar refractivity (Wildman–Crippen MR) is 125 cm³/mol. The molecule has 2 aromatic carbocycles.